The first-order valence-corrected chi connectivity index (χ1v) is 5.18. The van der Waals surface area contributed by atoms with Crippen molar-refractivity contribution in [1.29, 1.82) is 0 Å². The SMILES string of the molecule is Cc1ccccc1OCCN(C)CC(=O)O. The topological polar surface area (TPSA) is 49.8 Å². The van der Waals surface area contributed by atoms with E-state index >= 15 is 0 Å². The molecule has 0 aliphatic heterocycles. The Morgan fingerprint density at radius 2 is 2.12 bits per heavy atom. The molecule has 16 heavy (non-hydrogen) atoms. The molecule has 0 radical (unpaired) electrons. The summed E-state index contributed by atoms with van der Waals surface area (Å²) >= 11 is 0. The lowest BCUT2D eigenvalue weighted by molar-refractivity contribution is -0.138. The second-order valence-corrected chi connectivity index (χ2v) is 3.75. The monoisotopic (exact) mass is 223 g/mol. The fraction of sp³-hybridized carbons (Fsp3) is 0.417. The standard InChI is InChI=1S/C12H17NO3/c1-10-5-3-4-6-11(10)16-8-7-13(2)9-12(14)15/h3-6H,7-9H2,1-2H3,(H,14,15). The van der Waals surface area contributed by atoms with Crippen molar-refractivity contribution >= 4 is 5.97 Å². The zero-order valence-electron chi connectivity index (χ0n) is 9.64. The first-order valence-electron chi connectivity index (χ1n) is 5.18. The summed E-state index contributed by atoms with van der Waals surface area (Å²) < 4.78 is 5.55. The highest BCUT2D eigenvalue weighted by atomic mass is 16.5. The number of carbonyl (C=O) groups is 1. The Morgan fingerprint density at radius 3 is 2.75 bits per heavy atom. The molecular formula is C12H17NO3. The van der Waals surface area contributed by atoms with Gasteiger partial charge in [0.25, 0.3) is 0 Å². The van der Waals surface area contributed by atoms with Crippen LogP contribution in [0, 0.1) is 6.92 Å². The van der Waals surface area contributed by atoms with Crippen LogP contribution in [-0.2, 0) is 4.79 Å². The molecular weight excluding hydrogens is 206 g/mol. The third-order valence-corrected chi connectivity index (χ3v) is 2.23. The fourth-order valence-electron chi connectivity index (χ4n) is 1.34. The number of aliphatic carboxylic acids is 1. The van der Waals surface area contributed by atoms with E-state index in [0.29, 0.717) is 13.2 Å². The van der Waals surface area contributed by atoms with Crippen LogP contribution in [0.1, 0.15) is 5.56 Å². The lowest BCUT2D eigenvalue weighted by atomic mass is 10.2. The second kappa shape index (κ2) is 6.12. The molecule has 88 valence electrons. The van der Waals surface area contributed by atoms with E-state index in [-0.39, 0.29) is 6.54 Å². The van der Waals surface area contributed by atoms with E-state index in [0.717, 1.165) is 11.3 Å². The van der Waals surface area contributed by atoms with E-state index in [4.69, 9.17) is 9.84 Å². The van der Waals surface area contributed by atoms with E-state index in [1.165, 1.54) is 0 Å². The average molecular weight is 223 g/mol. The Bertz CT molecular complexity index is 352. The van der Waals surface area contributed by atoms with Crippen molar-refractivity contribution in [3.8, 4) is 5.75 Å². The fourth-order valence-corrected chi connectivity index (χ4v) is 1.34. The molecule has 0 fully saturated rings. The zero-order valence-corrected chi connectivity index (χ0v) is 9.64. The van der Waals surface area contributed by atoms with Crippen LogP contribution in [-0.4, -0.2) is 42.7 Å². The minimum absolute atomic E-state index is 0.0388. The third-order valence-electron chi connectivity index (χ3n) is 2.23. The van der Waals surface area contributed by atoms with Crippen LogP contribution >= 0.6 is 0 Å². The highest BCUT2D eigenvalue weighted by molar-refractivity contribution is 5.68. The molecule has 0 amide bonds. The number of likely N-dealkylation sites (N-methyl/N-ethyl adjacent to an activating group) is 1. The number of rotatable bonds is 6. The van der Waals surface area contributed by atoms with Gasteiger partial charge in [-0.2, -0.15) is 0 Å². The van der Waals surface area contributed by atoms with Gasteiger partial charge in [-0.25, -0.2) is 0 Å². The Labute approximate surface area is 95.5 Å². The molecule has 0 aromatic heterocycles. The van der Waals surface area contributed by atoms with Crippen molar-refractivity contribution in [1.82, 2.24) is 4.90 Å². The summed E-state index contributed by atoms with van der Waals surface area (Å²) in [5, 5.41) is 8.56. The Hall–Kier alpha value is -1.55. The summed E-state index contributed by atoms with van der Waals surface area (Å²) in [5.74, 6) is 0.0321. The van der Waals surface area contributed by atoms with E-state index in [1.807, 2.05) is 31.2 Å². The molecule has 0 aliphatic rings. The predicted molar refractivity (Wildman–Crippen MR) is 61.8 cm³/mol. The highest BCUT2D eigenvalue weighted by Crippen LogP contribution is 2.15. The predicted octanol–water partition coefficient (Wildman–Crippen LogP) is 1.39. The van der Waals surface area contributed by atoms with Gasteiger partial charge in [0, 0.05) is 6.54 Å². The number of para-hydroxylation sites is 1. The Kier molecular flexibility index (Phi) is 4.79. The molecule has 4 nitrogen and oxygen atoms in total. The summed E-state index contributed by atoms with van der Waals surface area (Å²) in [6.45, 7) is 3.11. The minimum Gasteiger partial charge on any atom is -0.492 e. The lowest BCUT2D eigenvalue weighted by Gasteiger charge is -2.15. The van der Waals surface area contributed by atoms with Gasteiger partial charge in [-0.05, 0) is 25.6 Å². The van der Waals surface area contributed by atoms with Gasteiger partial charge in [0.05, 0.1) is 6.54 Å². The summed E-state index contributed by atoms with van der Waals surface area (Å²) in [6.07, 6.45) is 0. The van der Waals surface area contributed by atoms with E-state index < -0.39 is 5.97 Å². The van der Waals surface area contributed by atoms with Crippen molar-refractivity contribution in [2.45, 2.75) is 6.92 Å². The summed E-state index contributed by atoms with van der Waals surface area (Å²) in [7, 11) is 1.76. The number of hydrogen-bond acceptors (Lipinski definition) is 3. The van der Waals surface area contributed by atoms with E-state index in [2.05, 4.69) is 0 Å². The van der Waals surface area contributed by atoms with Gasteiger partial charge in [0.1, 0.15) is 12.4 Å². The maximum absolute atomic E-state index is 10.4. The van der Waals surface area contributed by atoms with Crippen LogP contribution in [0.3, 0.4) is 0 Å². The normalized spacial score (nSPS) is 10.4. The molecule has 1 rings (SSSR count). The number of benzene rings is 1. The van der Waals surface area contributed by atoms with Crippen LogP contribution in [0.15, 0.2) is 24.3 Å². The van der Waals surface area contributed by atoms with Gasteiger partial charge >= 0.3 is 5.97 Å². The Morgan fingerprint density at radius 1 is 1.44 bits per heavy atom. The number of aryl methyl sites for hydroxylation is 1. The first-order chi connectivity index (χ1) is 7.59. The number of nitrogens with zero attached hydrogens (tertiary/aromatic N) is 1. The van der Waals surface area contributed by atoms with E-state index in [1.54, 1.807) is 11.9 Å². The molecule has 1 aromatic rings. The summed E-state index contributed by atoms with van der Waals surface area (Å²) in [5.41, 5.74) is 1.09. The number of carboxylic acids is 1. The summed E-state index contributed by atoms with van der Waals surface area (Å²) in [4.78, 5) is 12.1. The van der Waals surface area contributed by atoms with Crippen molar-refractivity contribution in [3.05, 3.63) is 29.8 Å². The van der Waals surface area contributed by atoms with Crippen LogP contribution < -0.4 is 4.74 Å². The lowest BCUT2D eigenvalue weighted by Crippen LogP contribution is -2.29. The van der Waals surface area contributed by atoms with Gasteiger partial charge in [-0.1, -0.05) is 18.2 Å². The van der Waals surface area contributed by atoms with Crippen molar-refractivity contribution in [2.75, 3.05) is 26.7 Å². The molecule has 0 atom stereocenters. The Balaban J connectivity index is 2.30. The maximum Gasteiger partial charge on any atom is 0.317 e. The molecule has 0 aliphatic carbocycles. The summed E-state index contributed by atoms with van der Waals surface area (Å²) in [6, 6.07) is 7.77. The van der Waals surface area contributed by atoms with Crippen LogP contribution in [0.5, 0.6) is 5.75 Å². The number of hydrogen-bond donors (Lipinski definition) is 1. The third kappa shape index (κ3) is 4.31. The molecule has 0 spiro atoms. The smallest absolute Gasteiger partial charge is 0.317 e. The van der Waals surface area contributed by atoms with E-state index in [9.17, 15) is 4.79 Å². The van der Waals surface area contributed by atoms with Crippen molar-refractivity contribution < 1.29 is 14.6 Å². The van der Waals surface area contributed by atoms with Crippen LogP contribution in [0.4, 0.5) is 0 Å². The van der Waals surface area contributed by atoms with Gasteiger partial charge in [-0.15, -0.1) is 0 Å². The van der Waals surface area contributed by atoms with Gasteiger partial charge < -0.3 is 9.84 Å². The highest BCUT2D eigenvalue weighted by Gasteiger charge is 2.04. The average Bonchev–Trinajstić information content (AvgIpc) is 2.19. The first kappa shape index (κ1) is 12.5. The molecule has 0 saturated carbocycles. The van der Waals surface area contributed by atoms with Crippen molar-refractivity contribution in [2.24, 2.45) is 0 Å². The molecule has 1 N–H and O–H groups in total. The van der Waals surface area contributed by atoms with Gasteiger partial charge in [0.15, 0.2) is 0 Å². The molecule has 0 heterocycles. The van der Waals surface area contributed by atoms with Gasteiger partial charge in [0.2, 0.25) is 0 Å². The molecule has 0 bridgehead atoms. The maximum atomic E-state index is 10.4. The van der Waals surface area contributed by atoms with Gasteiger partial charge in [-0.3, -0.25) is 9.69 Å². The largest absolute Gasteiger partial charge is 0.492 e. The molecule has 0 saturated heterocycles. The number of ether oxygens (including phenoxy) is 1. The zero-order chi connectivity index (χ0) is 12.0. The van der Waals surface area contributed by atoms with Crippen molar-refractivity contribution in [3.63, 3.8) is 0 Å². The molecule has 0 unspecified atom stereocenters. The van der Waals surface area contributed by atoms with Crippen LogP contribution in [0.25, 0.3) is 0 Å². The molecule has 1 aromatic carbocycles. The minimum atomic E-state index is -0.821. The quantitative estimate of drug-likeness (QED) is 0.791. The second-order valence-electron chi connectivity index (χ2n) is 3.75. The molecule has 4 heteroatoms. The van der Waals surface area contributed by atoms with Crippen LogP contribution in [0.2, 0.25) is 0 Å². The number of carboxylic acid groups (broad SMARTS) is 1.